The van der Waals surface area contributed by atoms with E-state index in [0.29, 0.717) is 25.4 Å². The molecule has 0 spiro atoms. The van der Waals surface area contributed by atoms with Crippen LogP contribution in [0.3, 0.4) is 0 Å². The normalized spacial score (nSPS) is 14.2. The summed E-state index contributed by atoms with van der Waals surface area (Å²) in [5.74, 6) is 3.28. The van der Waals surface area contributed by atoms with E-state index < -0.39 is 0 Å². The van der Waals surface area contributed by atoms with Crippen LogP contribution in [0.1, 0.15) is 31.4 Å². The molecular weight excluding hydrogens is 426 g/mol. The number of hydrogen-bond donors (Lipinski definition) is 0. The summed E-state index contributed by atoms with van der Waals surface area (Å²) in [6, 6.07) is 11.9. The Balaban J connectivity index is 1.33. The van der Waals surface area contributed by atoms with Gasteiger partial charge in [0.1, 0.15) is 17.3 Å². The van der Waals surface area contributed by atoms with E-state index in [0.717, 1.165) is 41.3 Å². The maximum absolute atomic E-state index is 12.9. The first-order valence-electron chi connectivity index (χ1n) is 10.8. The van der Waals surface area contributed by atoms with Crippen LogP contribution in [0.5, 0.6) is 5.75 Å². The van der Waals surface area contributed by atoms with E-state index in [-0.39, 0.29) is 11.8 Å². The molecule has 0 N–H and O–H groups in total. The third-order valence-electron chi connectivity index (χ3n) is 5.55. The van der Waals surface area contributed by atoms with Crippen LogP contribution in [0.15, 0.2) is 52.2 Å². The number of benzene rings is 1. The minimum Gasteiger partial charge on any atom is -0.497 e. The molecule has 1 amide bonds. The largest absolute Gasteiger partial charge is 0.497 e. The number of anilines is 1. The zero-order chi connectivity index (χ0) is 22.5. The van der Waals surface area contributed by atoms with Crippen molar-refractivity contribution in [3.8, 4) is 5.75 Å². The molecule has 170 valence electrons. The van der Waals surface area contributed by atoms with Crippen LogP contribution in [0.4, 0.5) is 5.69 Å². The molecule has 2 aromatic heterocycles. The van der Waals surface area contributed by atoms with Gasteiger partial charge < -0.3 is 19.0 Å². The fourth-order valence-electron chi connectivity index (χ4n) is 3.77. The van der Waals surface area contributed by atoms with E-state index >= 15 is 0 Å². The average molecular weight is 456 g/mol. The Labute approximate surface area is 192 Å². The zero-order valence-electron chi connectivity index (χ0n) is 18.7. The van der Waals surface area contributed by atoms with Crippen LogP contribution in [0.25, 0.3) is 0 Å². The molecule has 3 heterocycles. The van der Waals surface area contributed by atoms with Crippen molar-refractivity contribution in [3.63, 3.8) is 0 Å². The van der Waals surface area contributed by atoms with Crippen LogP contribution < -0.4 is 9.64 Å². The lowest BCUT2D eigenvalue weighted by atomic mass is 10.2. The van der Waals surface area contributed by atoms with Gasteiger partial charge in [0.05, 0.1) is 25.7 Å². The van der Waals surface area contributed by atoms with Gasteiger partial charge in [0.25, 0.3) is 0 Å². The maximum atomic E-state index is 12.9. The van der Waals surface area contributed by atoms with Crippen molar-refractivity contribution in [2.45, 2.75) is 31.5 Å². The molecule has 4 rings (SSSR count). The van der Waals surface area contributed by atoms with Crippen molar-refractivity contribution in [3.05, 3.63) is 54.2 Å². The number of nitrogens with zero attached hydrogens (tertiary/aromatic N) is 5. The van der Waals surface area contributed by atoms with Crippen LogP contribution in [0.2, 0.25) is 0 Å². The minimum atomic E-state index is 0.128. The fraction of sp³-hybridized carbons (Fsp3) is 0.435. The van der Waals surface area contributed by atoms with Gasteiger partial charge in [-0.3, -0.25) is 9.36 Å². The smallest absolute Gasteiger partial charge is 0.233 e. The number of carbonyl (C=O) groups is 1. The Bertz CT molecular complexity index is 1010. The second-order valence-corrected chi connectivity index (χ2v) is 8.96. The highest BCUT2D eigenvalue weighted by atomic mass is 32.2. The summed E-state index contributed by atoms with van der Waals surface area (Å²) in [5, 5.41) is 9.44. The Hall–Kier alpha value is -2.94. The van der Waals surface area contributed by atoms with E-state index in [9.17, 15) is 4.79 Å². The van der Waals surface area contributed by atoms with Gasteiger partial charge in [-0.05, 0) is 36.4 Å². The molecule has 0 unspecified atom stereocenters. The summed E-state index contributed by atoms with van der Waals surface area (Å²) in [6.45, 7) is 7.78. The first-order valence-corrected chi connectivity index (χ1v) is 11.8. The third kappa shape index (κ3) is 5.09. The summed E-state index contributed by atoms with van der Waals surface area (Å²) >= 11 is 1.44. The summed E-state index contributed by atoms with van der Waals surface area (Å²) in [7, 11) is 1.67. The van der Waals surface area contributed by atoms with Gasteiger partial charge in [-0.2, -0.15) is 0 Å². The molecule has 0 aliphatic carbocycles. The summed E-state index contributed by atoms with van der Waals surface area (Å²) in [6.07, 6.45) is 1.66. The molecule has 9 heteroatoms. The number of carbonyl (C=O) groups excluding carboxylic acids is 1. The number of aromatic nitrogens is 3. The number of piperazine rings is 1. The number of amides is 1. The highest BCUT2D eigenvalue weighted by Gasteiger charge is 2.23. The van der Waals surface area contributed by atoms with E-state index in [2.05, 4.69) is 41.1 Å². The molecule has 8 nitrogen and oxygen atoms in total. The van der Waals surface area contributed by atoms with E-state index in [4.69, 9.17) is 9.15 Å². The molecule has 0 atom stereocenters. The van der Waals surface area contributed by atoms with Crippen molar-refractivity contribution in [1.82, 2.24) is 19.7 Å². The van der Waals surface area contributed by atoms with Gasteiger partial charge in [-0.15, -0.1) is 10.2 Å². The number of furan rings is 1. The van der Waals surface area contributed by atoms with Crippen LogP contribution in [0, 0.1) is 0 Å². The summed E-state index contributed by atoms with van der Waals surface area (Å²) in [4.78, 5) is 17.1. The Morgan fingerprint density at radius 3 is 2.50 bits per heavy atom. The van der Waals surface area contributed by atoms with Gasteiger partial charge in [0.2, 0.25) is 5.91 Å². The van der Waals surface area contributed by atoms with Gasteiger partial charge in [0.15, 0.2) is 5.16 Å². The van der Waals surface area contributed by atoms with Crippen molar-refractivity contribution >= 4 is 23.4 Å². The number of thioether (sulfide) groups is 1. The predicted octanol–water partition coefficient (Wildman–Crippen LogP) is 3.49. The molecule has 1 aromatic carbocycles. The maximum Gasteiger partial charge on any atom is 0.233 e. The second-order valence-electron chi connectivity index (χ2n) is 8.02. The first-order chi connectivity index (χ1) is 15.5. The van der Waals surface area contributed by atoms with Gasteiger partial charge >= 0.3 is 0 Å². The summed E-state index contributed by atoms with van der Waals surface area (Å²) in [5.41, 5.74) is 1.15. The average Bonchev–Trinajstić information content (AvgIpc) is 3.48. The van der Waals surface area contributed by atoms with Crippen molar-refractivity contribution in [2.24, 2.45) is 0 Å². The second kappa shape index (κ2) is 10.1. The molecule has 0 saturated carbocycles. The van der Waals surface area contributed by atoms with Gasteiger partial charge in [-0.25, -0.2) is 0 Å². The molecule has 1 fully saturated rings. The highest BCUT2D eigenvalue weighted by Crippen LogP contribution is 2.24. The Kier molecular flexibility index (Phi) is 7.04. The standard InChI is InChI=1S/C23H29N5O3S/c1-17(2)22-24-25-23(28(22)15-20-5-4-14-31-20)32-16-21(29)27-12-10-26(11-13-27)18-6-8-19(30-3)9-7-18/h4-9,14,17H,10-13,15-16H2,1-3H3. The molecular formula is C23H29N5O3S. The molecule has 0 radical (unpaired) electrons. The number of rotatable bonds is 8. The lowest BCUT2D eigenvalue weighted by molar-refractivity contribution is -0.128. The van der Waals surface area contributed by atoms with Crippen LogP contribution >= 0.6 is 11.8 Å². The minimum absolute atomic E-state index is 0.128. The number of hydrogen-bond acceptors (Lipinski definition) is 7. The molecule has 3 aromatic rings. The van der Waals surface area contributed by atoms with Crippen LogP contribution in [-0.4, -0.2) is 64.6 Å². The fourth-order valence-corrected chi connectivity index (χ4v) is 4.61. The van der Waals surface area contributed by atoms with Crippen LogP contribution in [-0.2, 0) is 11.3 Å². The van der Waals surface area contributed by atoms with E-state index in [1.54, 1.807) is 13.4 Å². The van der Waals surface area contributed by atoms with Crippen molar-refractivity contribution in [2.75, 3.05) is 43.9 Å². The number of methoxy groups -OCH3 is 1. The van der Waals surface area contributed by atoms with Crippen molar-refractivity contribution < 1.29 is 13.9 Å². The number of ether oxygens (including phenoxy) is 1. The lowest BCUT2D eigenvalue weighted by Crippen LogP contribution is -2.49. The predicted molar refractivity (Wildman–Crippen MR) is 124 cm³/mol. The molecule has 32 heavy (non-hydrogen) atoms. The Morgan fingerprint density at radius 2 is 1.88 bits per heavy atom. The van der Waals surface area contributed by atoms with Gasteiger partial charge in [-0.1, -0.05) is 25.6 Å². The monoisotopic (exact) mass is 455 g/mol. The Morgan fingerprint density at radius 1 is 1.12 bits per heavy atom. The highest BCUT2D eigenvalue weighted by molar-refractivity contribution is 7.99. The van der Waals surface area contributed by atoms with E-state index in [1.807, 2.05) is 33.7 Å². The molecule has 1 aliphatic rings. The first kappa shape index (κ1) is 22.3. The van der Waals surface area contributed by atoms with E-state index in [1.165, 1.54) is 11.8 Å². The SMILES string of the molecule is COc1ccc(N2CCN(C(=O)CSc3nnc(C(C)C)n3Cc3ccco3)CC2)cc1. The zero-order valence-corrected chi connectivity index (χ0v) is 19.5. The molecule has 1 aliphatic heterocycles. The molecule has 0 bridgehead atoms. The molecule has 1 saturated heterocycles. The van der Waals surface area contributed by atoms with Gasteiger partial charge in [0, 0.05) is 37.8 Å². The summed E-state index contributed by atoms with van der Waals surface area (Å²) < 4.78 is 12.8. The topological polar surface area (TPSA) is 76.6 Å². The third-order valence-corrected chi connectivity index (χ3v) is 6.50. The quantitative estimate of drug-likeness (QED) is 0.481. The van der Waals surface area contributed by atoms with Crippen molar-refractivity contribution in [1.29, 1.82) is 0 Å². The lowest BCUT2D eigenvalue weighted by Gasteiger charge is -2.36.